The minimum atomic E-state index is -0.883. The summed E-state index contributed by atoms with van der Waals surface area (Å²) in [7, 11) is 0. The number of anilines is 1. The van der Waals surface area contributed by atoms with Crippen molar-refractivity contribution in [1.29, 1.82) is 0 Å². The predicted molar refractivity (Wildman–Crippen MR) is 126 cm³/mol. The van der Waals surface area contributed by atoms with Crippen LogP contribution >= 0.6 is 11.3 Å². The molecule has 2 aromatic carbocycles. The molecule has 1 heterocycles. The average Bonchev–Trinajstić information content (AvgIpc) is 3.47. The Labute approximate surface area is 192 Å². The number of carbonyl (C=O) groups is 2. The molecule has 0 bridgehead atoms. The first kappa shape index (κ1) is 22.2. The van der Waals surface area contributed by atoms with Crippen molar-refractivity contribution in [1.82, 2.24) is 5.32 Å². The lowest BCUT2D eigenvalue weighted by Gasteiger charge is -2.33. The molecule has 1 N–H and O–H groups in total. The van der Waals surface area contributed by atoms with Gasteiger partial charge in [0.15, 0.2) is 0 Å². The summed E-state index contributed by atoms with van der Waals surface area (Å²) in [6.07, 6.45) is 4.20. The summed E-state index contributed by atoms with van der Waals surface area (Å²) in [5, 5.41) is 5.08. The molecule has 0 aliphatic heterocycles. The molecule has 1 fully saturated rings. The van der Waals surface area contributed by atoms with Crippen molar-refractivity contribution in [2.24, 2.45) is 0 Å². The zero-order valence-electron chi connectivity index (χ0n) is 18.1. The van der Waals surface area contributed by atoms with Gasteiger partial charge in [-0.2, -0.15) is 0 Å². The lowest BCUT2D eigenvalue weighted by Crippen LogP contribution is -2.47. The topological polar surface area (TPSA) is 49.4 Å². The Hall–Kier alpha value is -2.99. The highest BCUT2D eigenvalue weighted by Crippen LogP contribution is 2.32. The van der Waals surface area contributed by atoms with Crippen LogP contribution in [0, 0.1) is 12.7 Å². The Bertz CT molecular complexity index is 1080. The van der Waals surface area contributed by atoms with Gasteiger partial charge in [-0.15, -0.1) is 11.3 Å². The van der Waals surface area contributed by atoms with E-state index in [1.54, 1.807) is 12.1 Å². The maximum atomic E-state index is 14.2. The van der Waals surface area contributed by atoms with Crippen LogP contribution in [0.1, 0.15) is 47.7 Å². The Balaban J connectivity index is 1.78. The molecule has 0 radical (unpaired) electrons. The molecule has 0 saturated heterocycles. The summed E-state index contributed by atoms with van der Waals surface area (Å²) >= 11 is 1.49. The van der Waals surface area contributed by atoms with Gasteiger partial charge in [0.25, 0.3) is 0 Å². The molecule has 6 heteroatoms. The minimum absolute atomic E-state index is 0.107. The van der Waals surface area contributed by atoms with E-state index in [9.17, 15) is 14.0 Å². The number of carbonyl (C=O) groups excluding carboxylic acids is 2. The summed E-state index contributed by atoms with van der Waals surface area (Å²) in [6, 6.07) is 16.5. The molecule has 4 rings (SSSR count). The van der Waals surface area contributed by atoms with Crippen molar-refractivity contribution in [2.75, 3.05) is 4.90 Å². The normalized spacial score (nSPS) is 14.8. The van der Waals surface area contributed by atoms with Crippen LogP contribution in [0.3, 0.4) is 0 Å². The highest BCUT2D eigenvalue weighted by atomic mass is 32.1. The van der Waals surface area contributed by atoms with Crippen LogP contribution in [0.2, 0.25) is 0 Å². The van der Waals surface area contributed by atoms with E-state index in [2.05, 4.69) is 5.32 Å². The third kappa shape index (κ3) is 5.07. The van der Waals surface area contributed by atoms with Crippen molar-refractivity contribution in [3.63, 3.8) is 0 Å². The lowest BCUT2D eigenvalue weighted by molar-refractivity contribution is -0.127. The van der Waals surface area contributed by atoms with Gasteiger partial charge in [-0.05, 0) is 60.5 Å². The molecular weight excluding hydrogens is 423 g/mol. The number of aryl methyl sites for hydroxylation is 1. The fourth-order valence-corrected chi connectivity index (χ4v) is 5.05. The first-order valence-electron chi connectivity index (χ1n) is 11.0. The molecule has 1 saturated carbocycles. The number of thiophene rings is 1. The summed E-state index contributed by atoms with van der Waals surface area (Å²) in [5.41, 5.74) is 2.03. The van der Waals surface area contributed by atoms with Gasteiger partial charge in [-0.1, -0.05) is 49.2 Å². The van der Waals surface area contributed by atoms with E-state index in [-0.39, 0.29) is 24.3 Å². The van der Waals surface area contributed by atoms with E-state index in [0.29, 0.717) is 5.69 Å². The van der Waals surface area contributed by atoms with Crippen LogP contribution in [0.5, 0.6) is 0 Å². The fraction of sp³-hybridized carbons (Fsp3) is 0.308. The largest absolute Gasteiger partial charge is 0.351 e. The number of hydrogen-bond acceptors (Lipinski definition) is 3. The second-order valence-corrected chi connectivity index (χ2v) is 9.28. The molecular formula is C26H27FN2O2S. The Morgan fingerprint density at radius 2 is 1.88 bits per heavy atom. The van der Waals surface area contributed by atoms with Crippen molar-refractivity contribution in [3.05, 3.63) is 87.9 Å². The van der Waals surface area contributed by atoms with Crippen LogP contribution in [0.4, 0.5) is 10.1 Å². The van der Waals surface area contributed by atoms with Gasteiger partial charge < -0.3 is 5.32 Å². The van der Waals surface area contributed by atoms with Gasteiger partial charge in [-0.3, -0.25) is 14.5 Å². The second kappa shape index (κ2) is 10.1. The maximum Gasteiger partial charge on any atom is 0.248 e. The van der Waals surface area contributed by atoms with Crippen LogP contribution in [0.15, 0.2) is 66.0 Å². The lowest BCUT2D eigenvalue weighted by atomic mass is 9.97. The van der Waals surface area contributed by atoms with E-state index in [0.717, 1.165) is 41.7 Å². The molecule has 1 aromatic heterocycles. The summed E-state index contributed by atoms with van der Waals surface area (Å²) in [5.74, 6) is -0.918. The Morgan fingerprint density at radius 1 is 1.09 bits per heavy atom. The van der Waals surface area contributed by atoms with E-state index in [1.807, 2.05) is 48.7 Å². The Morgan fingerprint density at radius 3 is 2.56 bits per heavy atom. The minimum Gasteiger partial charge on any atom is -0.351 e. The highest BCUT2D eigenvalue weighted by molar-refractivity contribution is 7.10. The van der Waals surface area contributed by atoms with Crippen molar-refractivity contribution >= 4 is 28.8 Å². The number of hydrogen-bond donors (Lipinski definition) is 1. The molecule has 1 atom stereocenters. The average molecular weight is 451 g/mol. The molecule has 3 aromatic rings. The monoisotopic (exact) mass is 450 g/mol. The van der Waals surface area contributed by atoms with Crippen molar-refractivity contribution in [2.45, 2.75) is 51.1 Å². The van der Waals surface area contributed by atoms with Crippen molar-refractivity contribution in [3.8, 4) is 0 Å². The van der Waals surface area contributed by atoms with Crippen LogP contribution in [0.25, 0.3) is 0 Å². The fourth-order valence-electron chi connectivity index (χ4n) is 4.35. The SMILES string of the molecule is Cc1ccccc1C(C(=O)NC1CCCC1)N(C(=O)Cc1cccs1)c1cccc(F)c1. The highest BCUT2D eigenvalue weighted by Gasteiger charge is 2.35. The first-order valence-corrected chi connectivity index (χ1v) is 11.9. The second-order valence-electron chi connectivity index (χ2n) is 8.25. The molecule has 1 aliphatic carbocycles. The first-order chi connectivity index (χ1) is 15.5. The number of nitrogens with one attached hydrogen (secondary N) is 1. The van der Waals surface area contributed by atoms with Gasteiger partial charge >= 0.3 is 0 Å². The van der Waals surface area contributed by atoms with Crippen LogP contribution in [-0.2, 0) is 16.0 Å². The molecule has 4 nitrogen and oxygen atoms in total. The van der Waals surface area contributed by atoms with Crippen molar-refractivity contribution < 1.29 is 14.0 Å². The number of nitrogens with zero attached hydrogens (tertiary/aromatic N) is 1. The number of benzene rings is 2. The van der Waals surface area contributed by atoms with Gasteiger partial charge in [0.05, 0.1) is 6.42 Å². The molecule has 0 spiro atoms. The molecule has 32 heavy (non-hydrogen) atoms. The number of rotatable bonds is 7. The van der Waals surface area contributed by atoms with Gasteiger partial charge in [0.2, 0.25) is 11.8 Å². The quantitative estimate of drug-likeness (QED) is 0.511. The van der Waals surface area contributed by atoms with Gasteiger partial charge in [-0.25, -0.2) is 4.39 Å². The smallest absolute Gasteiger partial charge is 0.248 e. The zero-order valence-corrected chi connectivity index (χ0v) is 18.9. The van der Waals surface area contributed by atoms with Gasteiger partial charge in [0.1, 0.15) is 11.9 Å². The summed E-state index contributed by atoms with van der Waals surface area (Å²) < 4.78 is 14.2. The third-order valence-corrected chi connectivity index (χ3v) is 6.83. The summed E-state index contributed by atoms with van der Waals surface area (Å²) in [4.78, 5) is 29.6. The molecule has 166 valence electrons. The Kier molecular flexibility index (Phi) is 7.00. The van der Waals surface area contributed by atoms with Crippen LogP contribution in [-0.4, -0.2) is 17.9 Å². The standard InChI is InChI=1S/C26H27FN2O2S/c1-18-8-2-5-14-23(18)25(26(31)28-20-10-3-4-11-20)29(21-12-6-9-19(27)16-21)24(30)17-22-13-7-15-32-22/h2,5-9,12-16,20,25H,3-4,10-11,17H2,1H3,(H,28,31). The van der Waals surface area contributed by atoms with E-state index in [1.165, 1.54) is 28.4 Å². The summed E-state index contributed by atoms with van der Waals surface area (Å²) in [6.45, 7) is 1.93. The molecule has 1 unspecified atom stereocenters. The van der Waals surface area contributed by atoms with E-state index < -0.39 is 11.9 Å². The van der Waals surface area contributed by atoms with Crippen LogP contribution < -0.4 is 10.2 Å². The van der Waals surface area contributed by atoms with E-state index >= 15 is 0 Å². The maximum absolute atomic E-state index is 14.2. The molecule has 1 aliphatic rings. The third-order valence-electron chi connectivity index (χ3n) is 5.95. The van der Waals surface area contributed by atoms with Gasteiger partial charge in [0, 0.05) is 16.6 Å². The molecule has 2 amide bonds. The number of halogens is 1. The number of amides is 2. The predicted octanol–water partition coefficient (Wildman–Crippen LogP) is 5.57. The zero-order chi connectivity index (χ0) is 22.5. The van der Waals surface area contributed by atoms with E-state index in [4.69, 9.17) is 0 Å².